The summed E-state index contributed by atoms with van der Waals surface area (Å²) < 4.78 is 7.52. The van der Waals surface area contributed by atoms with Gasteiger partial charge in [-0.2, -0.15) is 10.1 Å². The van der Waals surface area contributed by atoms with E-state index in [-0.39, 0.29) is 17.9 Å². The van der Waals surface area contributed by atoms with Crippen LogP contribution in [0.1, 0.15) is 52.3 Å². The molecule has 0 aliphatic heterocycles. The molecule has 1 aliphatic rings. The number of halogens is 2. The van der Waals surface area contributed by atoms with Crippen molar-refractivity contribution in [1.29, 1.82) is 0 Å². The highest BCUT2D eigenvalue weighted by molar-refractivity contribution is 6.33. The lowest BCUT2D eigenvalue weighted by molar-refractivity contribution is 0.356. The zero-order chi connectivity index (χ0) is 19.2. The highest BCUT2D eigenvalue weighted by atomic mass is 35.5. The maximum atomic E-state index is 6.49. The van der Waals surface area contributed by atoms with Crippen molar-refractivity contribution in [3.8, 4) is 22.7 Å². The number of nitrogens with two attached hydrogens (primary N) is 1. The molecule has 8 heteroatoms. The zero-order valence-electron chi connectivity index (χ0n) is 16.3. The third-order valence-corrected chi connectivity index (χ3v) is 5.46. The van der Waals surface area contributed by atoms with E-state index in [1.807, 2.05) is 35.1 Å². The Morgan fingerprint density at radius 2 is 1.82 bits per heavy atom. The van der Waals surface area contributed by atoms with E-state index in [0.717, 1.165) is 42.5 Å². The van der Waals surface area contributed by atoms with Gasteiger partial charge in [-0.15, -0.1) is 12.4 Å². The number of nitrogens with zero attached hydrogens (tertiary/aromatic N) is 4. The molecule has 0 saturated heterocycles. The van der Waals surface area contributed by atoms with Gasteiger partial charge in [-0.25, -0.2) is 0 Å². The van der Waals surface area contributed by atoms with Crippen molar-refractivity contribution in [3.63, 3.8) is 0 Å². The normalized spacial score (nSPS) is 16.2. The molecule has 0 atom stereocenters. The second-order valence-corrected chi connectivity index (χ2v) is 8.68. The summed E-state index contributed by atoms with van der Waals surface area (Å²) in [5.74, 6) is 0.996. The molecule has 150 valence electrons. The SMILES string of the molecule is CC(C)(C)n1cc(-c2nc(C3(N)CCCC3)no2)c(-c2ccccc2Cl)n1.Cl. The first-order valence-electron chi connectivity index (χ1n) is 9.26. The summed E-state index contributed by atoms with van der Waals surface area (Å²) in [5, 5.41) is 9.61. The number of hydrogen-bond acceptors (Lipinski definition) is 5. The van der Waals surface area contributed by atoms with Crippen LogP contribution in [0.3, 0.4) is 0 Å². The first kappa shape index (κ1) is 20.8. The summed E-state index contributed by atoms with van der Waals surface area (Å²) in [7, 11) is 0. The summed E-state index contributed by atoms with van der Waals surface area (Å²) in [4.78, 5) is 4.65. The lowest BCUT2D eigenvalue weighted by Crippen LogP contribution is -2.34. The van der Waals surface area contributed by atoms with Gasteiger partial charge < -0.3 is 10.3 Å². The van der Waals surface area contributed by atoms with Crippen LogP contribution >= 0.6 is 24.0 Å². The fourth-order valence-corrected chi connectivity index (χ4v) is 3.72. The Hall–Kier alpha value is -1.89. The second kappa shape index (κ2) is 7.50. The lowest BCUT2D eigenvalue weighted by atomic mass is 9.98. The molecule has 0 amide bonds. The minimum Gasteiger partial charge on any atom is -0.334 e. The first-order chi connectivity index (χ1) is 12.8. The van der Waals surface area contributed by atoms with E-state index >= 15 is 0 Å². The summed E-state index contributed by atoms with van der Waals surface area (Å²) in [6.45, 7) is 6.27. The van der Waals surface area contributed by atoms with E-state index in [4.69, 9.17) is 27.0 Å². The van der Waals surface area contributed by atoms with E-state index in [9.17, 15) is 0 Å². The van der Waals surface area contributed by atoms with E-state index in [2.05, 4.69) is 30.9 Å². The predicted octanol–water partition coefficient (Wildman–Crippen LogP) is 5.16. The van der Waals surface area contributed by atoms with Gasteiger partial charge in [0.05, 0.1) is 21.7 Å². The maximum absolute atomic E-state index is 6.49. The summed E-state index contributed by atoms with van der Waals surface area (Å²) >= 11 is 6.44. The molecule has 2 heterocycles. The fourth-order valence-electron chi connectivity index (χ4n) is 3.49. The fraction of sp³-hybridized carbons (Fsp3) is 0.450. The van der Waals surface area contributed by atoms with Crippen molar-refractivity contribution in [1.82, 2.24) is 19.9 Å². The van der Waals surface area contributed by atoms with Gasteiger partial charge in [0.25, 0.3) is 5.89 Å². The topological polar surface area (TPSA) is 82.8 Å². The van der Waals surface area contributed by atoms with E-state index < -0.39 is 5.54 Å². The average molecular weight is 422 g/mol. The van der Waals surface area contributed by atoms with Gasteiger partial charge in [0.2, 0.25) is 0 Å². The summed E-state index contributed by atoms with van der Waals surface area (Å²) in [6.07, 6.45) is 5.88. The van der Waals surface area contributed by atoms with Crippen molar-refractivity contribution in [2.45, 2.75) is 57.5 Å². The predicted molar refractivity (Wildman–Crippen MR) is 113 cm³/mol. The molecule has 0 unspecified atom stereocenters. The zero-order valence-corrected chi connectivity index (χ0v) is 17.8. The van der Waals surface area contributed by atoms with Crippen LogP contribution in [-0.2, 0) is 11.1 Å². The third-order valence-electron chi connectivity index (χ3n) is 5.13. The lowest BCUT2D eigenvalue weighted by Gasteiger charge is -2.18. The number of aromatic nitrogens is 4. The number of benzene rings is 1. The van der Waals surface area contributed by atoms with Crippen LogP contribution in [0.25, 0.3) is 22.7 Å². The maximum Gasteiger partial charge on any atom is 0.261 e. The highest BCUT2D eigenvalue weighted by Crippen LogP contribution is 2.38. The van der Waals surface area contributed by atoms with Crippen LogP contribution in [0.2, 0.25) is 5.02 Å². The van der Waals surface area contributed by atoms with Gasteiger partial charge in [-0.1, -0.05) is 47.8 Å². The van der Waals surface area contributed by atoms with Crippen molar-refractivity contribution in [2.24, 2.45) is 5.73 Å². The van der Waals surface area contributed by atoms with Crippen molar-refractivity contribution < 1.29 is 4.52 Å². The van der Waals surface area contributed by atoms with E-state index in [0.29, 0.717) is 16.7 Å². The molecular weight excluding hydrogens is 397 g/mol. The van der Waals surface area contributed by atoms with Gasteiger partial charge in [-0.05, 0) is 39.7 Å². The Morgan fingerprint density at radius 1 is 1.14 bits per heavy atom. The Kier molecular flexibility index (Phi) is 5.58. The van der Waals surface area contributed by atoms with Crippen LogP contribution in [0.15, 0.2) is 35.0 Å². The van der Waals surface area contributed by atoms with Gasteiger partial charge in [0.1, 0.15) is 5.69 Å². The molecular formula is C20H25Cl2N5O. The second-order valence-electron chi connectivity index (χ2n) is 8.27. The van der Waals surface area contributed by atoms with Crippen LogP contribution in [0.5, 0.6) is 0 Å². The minimum atomic E-state index is -0.494. The van der Waals surface area contributed by atoms with Gasteiger partial charge >= 0.3 is 0 Å². The van der Waals surface area contributed by atoms with Crippen LogP contribution < -0.4 is 5.73 Å². The molecule has 1 fully saturated rings. The Balaban J connectivity index is 0.00000225. The van der Waals surface area contributed by atoms with Crippen molar-refractivity contribution >= 4 is 24.0 Å². The molecule has 0 radical (unpaired) electrons. The summed E-state index contributed by atoms with van der Waals surface area (Å²) in [6, 6.07) is 7.63. The summed E-state index contributed by atoms with van der Waals surface area (Å²) in [5.41, 5.74) is 8.12. The smallest absolute Gasteiger partial charge is 0.261 e. The van der Waals surface area contributed by atoms with Gasteiger partial charge in [0.15, 0.2) is 5.82 Å². The van der Waals surface area contributed by atoms with Crippen molar-refractivity contribution in [3.05, 3.63) is 41.3 Å². The Labute approximate surface area is 175 Å². The van der Waals surface area contributed by atoms with Crippen LogP contribution in [0.4, 0.5) is 0 Å². The molecule has 3 aromatic rings. The standard InChI is InChI=1S/C20H24ClN5O.ClH/c1-19(2,3)26-12-14(16(24-26)13-8-4-5-9-15(13)21)17-23-18(25-27-17)20(22)10-6-7-11-20;/h4-5,8-9,12H,6-7,10-11,22H2,1-3H3;1H. The number of rotatable bonds is 3. The molecule has 2 aromatic heterocycles. The Morgan fingerprint density at radius 3 is 2.46 bits per heavy atom. The molecule has 2 N–H and O–H groups in total. The molecule has 0 bridgehead atoms. The van der Waals surface area contributed by atoms with Crippen molar-refractivity contribution in [2.75, 3.05) is 0 Å². The molecule has 1 aromatic carbocycles. The van der Waals surface area contributed by atoms with E-state index in [1.165, 1.54) is 0 Å². The largest absolute Gasteiger partial charge is 0.334 e. The molecule has 1 aliphatic carbocycles. The average Bonchev–Trinajstić information content (AvgIpc) is 3.33. The van der Waals surface area contributed by atoms with Gasteiger partial charge in [-0.3, -0.25) is 4.68 Å². The van der Waals surface area contributed by atoms with E-state index in [1.54, 1.807) is 0 Å². The van der Waals surface area contributed by atoms with Gasteiger partial charge in [0, 0.05) is 11.8 Å². The molecule has 0 spiro atoms. The minimum absolute atomic E-state index is 0. The quantitative estimate of drug-likeness (QED) is 0.631. The van der Waals surface area contributed by atoms with Crippen LogP contribution in [0, 0.1) is 0 Å². The third kappa shape index (κ3) is 3.69. The molecule has 28 heavy (non-hydrogen) atoms. The molecule has 1 saturated carbocycles. The molecule has 4 rings (SSSR count). The monoisotopic (exact) mass is 421 g/mol. The Bertz CT molecular complexity index is 967. The highest BCUT2D eigenvalue weighted by Gasteiger charge is 2.36. The molecule has 6 nitrogen and oxygen atoms in total. The number of hydrogen-bond donors (Lipinski definition) is 1. The van der Waals surface area contributed by atoms with Crippen LogP contribution in [-0.4, -0.2) is 19.9 Å². The first-order valence-corrected chi connectivity index (χ1v) is 9.64.